The molecular weight excluding hydrogens is 294 g/mol. The minimum Gasteiger partial charge on any atom is -0.256 e. The predicted octanol–water partition coefficient (Wildman–Crippen LogP) is 4.27. The lowest BCUT2D eigenvalue weighted by atomic mass is 10.1. The zero-order valence-electron chi connectivity index (χ0n) is 14.1. The van der Waals surface area contributed by atoms with Crippen molar-refractivity contribution in [1.29, 1.82) is 0 Å². The van der Waals surface area contributed by atoms with Gasteiger partial charge < -0.3 is 0 Å². The Labute approximate surface area is 140 Å². The standard InChI is InChI=1S/C21H23NSi/c1-4-23(3,19-8-6-5-7-9-19)20-12-10-18(11-13-20)21-16-17(2)14-15-22-21/h5-16H,4H2,1-3H3. The SMILES string of the molecule is CC[Si](C)(c1ccccc1)c1ccc(-c2cc(C)ccn2)cc1. The molecule has 0 aliphatic rings. The predicted molar refractivity (Wildman–Crippen MR) is 102 cm³/mol. The normalized spacial score (nSPS) is 13.5. The molecule has 3 aromatic rings. The summed E-state index contributed by atoms with van der Waals surface area (Å²) in [5, 5.41) is 2.99. The van der Waals surface area contributed by atoms with Crippen molar-refractivity contribution in [1.82, 2.24) is 4.98 Å². The van der Waals surface area contributed by atoms with Gasteiger partial charge in [-0.15, -0.1) is 0 Å². The van der Waals surface area contributed by atoms with Crippen molar-refractivity contribution in [2.24, 2.45) is 0 Å². The first-order chi connectivity index (χ1) is 11.1. The lowest BCUT2D eigenvalue weighted by molar-refractivity contribution is 1.29. The number of aryl methyl sites for hydroxylation is 1. The van der Waals surface area contributed by atoms with Crippen molar-refractivity contribution < 1.29 is 0 Å². The fourth-order valence-corrected chi connectivity index (χ4v) is 6.06. The Morgan fingerprint density at radius 1 is 0.870 bits per heavy atom. The highest BCUT2D eigenvalue weighted by molar-refractivity contribution is 7.01. The lowest BCUT2D eigenvalue weighted by Gasteiger charge is -2.27. The maximum atomic E-state index is 4.49. The average molecular weight is 318 g/mol. The van der Waals surface area contributed by atoms with Crippen LogP contribution in [-0.2, 0) is 0 Å². The second kappa shape index (κ2) is 6.51. The monoisotopic (exact) mass is 317 g/mol. The molecule has 1 nitrogen and oxygen atoms in total. The highest BCUT2D eigenvalue weighted by atomic mass is 28.3. The van der Waals surface area contributed by atoms with Crippen molar-refractivity contribution in [3.05, 3.63) is 78.5 Å². The van der Waals surface area contributed by atoms with Crippen LogP contribution in [0, 0.1) is 6.92 Å². The van der Waals surface area contributed by atoms with Gasteiger partial charge in [-0.05, 0) is 24.6 Å². The molecule has 1 unspecified atom stereocenters. The van der Waals surface area contributed by atoms with E-state index < -0.39 is 8.07 Å². The van der Waals surface area contributed by atoms with E-state index in [-0.39, 0.29) is 0 Å². The van der Waals surface area contributed by atoms with Crippen molar-refractivity contribution in [3.8, 4) is 11.3 Å². The molecule has 0 N–H and O–H groups in total. The van der Waals surface area contributed by atoms with E-state index in [1.54, 1.807) is 0 Å². The first-order valence-electron chi connectivity index (χ1n) is 8.22. The molecule has 0 bridgehead atoms. The summed E-state index contributed by atoms with van der Waals surface area (Å²) in [5.74, 6) is 0. The molecule has 0 saturated carbocycles. The molecule has 2 heteroatoms. The maximum absolute atomic E-state index is 4.49. The second-order valence-electron chi connectivity index (χ2n) is 6.35. The third-order valence-corrected chi connectivity index (χ3v) is 9.48. The van der Waals surface area contributed by atoms with Crippen LogP contribution in [0.3, 0.4) is 0 Å². The molecule has 1 aromatic heterocycles. The fourth-order valence-electron chi connectivity index (χ4n) is 3.08. The van der Waals surface area contributed by atoms with Crippen LogP contribution in [0.4, 0.5) is 0 Å². The smallest absolute Gasteiger partial charge is 0.114 e. The van der Waals surface area contributed by atoms with Gasteiger partial charge >= 0.3 is 0 Å². The topological polar surface area (TPSA) is 12.9 Å². The highest BCUT2D eigenvalue weighted by Gasteiger charge is 2.29. The van der Waals surface area contributed by atoms with Crippen LogP contribution >= 0.6 is 0 Å². The van der Waals surface area contributed by atoms with Crippen molar-refractivity contribution in [2.75, 3.05) is 0 Å². The van der Waals surface area contributed by atoms with Crippen LogP contribution in [0.1, 0.15) is 12.5 Å². The summed E-state index contributed by atoms with van der Waals surface area (Å²) < 4.78 is 0. The van der Waals surface area contributed by atoms with Crippen LogP contribution in [0.2, 0.25) is 12.6 Å². The third-order valence-electron chi connectivity index (χ3n) is 4.85. The van der Waals surface area contributed by atoms with Crippen LogP contribution in [0.5, 0.6) is 0 Å². The molecule has 0 radical (unpaired) electrons. The van der Waals surface area contributed by atoms with E-state index in [2.05, 4.69) is 86.0 Å². The maximum Gasteiger partial charge on any atom is 0.114 e. The molecule has 2 aromatic carbocycles. The van der Waals surface area contributed by atoms with Crippen molar-refractivity contribution in [2.45, 2.75) is 26.4 Å². The Bertz CT molecular complexity index is 780. The zero-order valence-corrected chi connectivity index (χ0v) is 15.1. The van der Waals surface area contributed by atoms with E-state index in [0.29, 0.717) is 0 Å². The summed E-state index contributed by atoms with van der Waals surface area (Å²) in [6, 6.07) is 25.4. The molecule has 0 aliphatic heterocycles. The van der Waals surface area contributed by atoms with E-state index in [1.165, 1.54) is 27.5 Å². The van der Waals surface area contributed by atoms with E-state index in [9.17, 15) is 0 Å². The molecule has 23 heavy (non-hydrogen) atoms. The summed E-state index contributed by atoms with van der Waals surface area (Å²) in [5.41, 5.74) is 3.49. The van der Waals surface area contributed by atoms with Gasteiger partial charge in [0.2, 0.25) is 0 Å². The second-order valence-corrected chi connectivity index (χ2v) is 10.9. The summed E-state index contributed by atoms with van der Waals surface area (Å²) in [7, 11) is -1.63. The van der Waals surface area contributed by atoms with Gasteiger partial charge in [0.1, 0.15) is 8.07 Å². The van der Waals surface area contributed by atoms with Crippen LogP contribution < -0.4 is 10.4 Å². The summed E-state index contributed by atoms with van der Waals surface area (Å²) in [6.07, 6.45) is 1.88. The summed E-state index contributed by atoms with van der Waals surface area (Å²) in [4.78, 5) is 4.49. The largest absolute Gasteiger partial charge is 0.256 e. The molecule has 116 valence electrons. The summed E-state index contributed by atoms with van der Waals surface area (Å²) >= 11 is 0. The Morgan fingerprint density at radius 2 is 1.52 bits per heavy atom. The minimum atomic E-state index is -1.63. The lowest BCUT2D eigenvalue weighted by Crippen LogP contribution is -2.54. The number of nitrogens with zero attached hydrogens (tertiary/aromatic N) is 1. The fraction of sp³-hybridized carbons (Fsp3) is 0.190. The molecule has 1 atom stereocenters. The van der Waals surface area contributed by atoms with E-state index >= 15 is 0 Å². The first kappa shape index (κ1) is 15.7. The Balaban J connectivity index is 1.98. The van der Waals surface area contributed by atoms with Gasteiger partial charge in [-0.1, -0.05) is 84.5 Å². The minimum absolute atomic E-state index is 1.05. The van der Waals surface area contributed by atoms with Gasteiger partial charge in [-0.25, -0.2) is 0 Å². The molecule has 0 spiro atoms. The van der Waals surface area contributed by atoms with Gasteiger partial charge in [-0.3, -0.25) is 4.98 Å². The van der Waals surface area contributed by atoms with Gasteiger partial charge in [-0.2, -0.15) is 0 Å². The number of aromatic nitrogens is 1. The van der Waals surface area contributed by atoms with Crippen molar-refractivity contribution in [3.63, 3.8) is 0 Å². The Hall–Kier alpha value is -2.19. The van der Waals surface area contributed by atoms with Crippen LogP contribution in [0.25, 0.3) is 11.3 Å². The van der Waals surface area contributed by atoms with Gasteiger partial charge in [0.15, 0.2) is 0 Å². The molecule has 0 fully saturated rings. The highest BCUT2D eigenvalue weighted by Crippen LogP contribution is 2.18. The quantitative estimate of drug-likeness (QED) is 0.655. The first-order valence-corrected chi connectivity index (χ1v) is 10.9. The molecule has 0 aliphatic carbocycles. The zero-order chi connectivity index (χ0) is 16.3. The molecular formula is C21H23NSi. The number of hydrogen-bond donors (Lipinski definition) is 0. The number of hydrogen-bond acceptors (Lipinski definition) is 1. The van der Waals surface area contributed by atoms with Gasteiger partial charge in [0.25, 0.3) is 0 Å². The van der Waals surface area contributed by atoms with Crippen molar-refractivity contribution >= 4 is 18.4 Å². The van der Waals surface area contributed by atoms with Crippen LogP contribution in [-0.4, -0.2) is 13.1 Å². The van der Waals surface area contributed by atoms with E-state index in [0.717, 1.165) is 5.69 Å². The average Bonchev–Trinajstić information content (AvgIpc) is 2.62. The molecule has 1 heterocycles. The number of pyridine rings is 1. The number of rotatable bonds is 4. The molecule has 0 amide bonds. The van der Waals surface area contributed by atoms with E-state index in [4.69, 9.17) is 0 Å². The Kier molecular flexibility index (Phi) is 4.44. The Morgan fingerprint density at radius 3 is 2.13 bits per heavy atom. The number of benzene rings is 2. The third kappa shape index (κ3) is 3.13. The summed E-state index contributed by atoms with van der Waals surface area (Å²) in [6.45, 7) is 6.88. The van der Waals surface area contributed by atoms with Gasteiger partial charge in [0.05, 0.1) is 5.69 Å². The van der Waals surface area contributed by atoms with Crippen LogP contribution in [0.15, 0.2) is 72.9 Å². The van der Waals surface area contributed by atoms with Gasteiger partial charge in [0, 0.05) is 11.8 Å². The molecule has 3 rings (SSSR count). The van der Waals surface area contributed by atoms with E-state index in [1.807, 2.05) is 12.3 Å². The molecule has 0 saturated heterocycles.